The van der Waals surface area contributed by atoms with Gasteiger partial charge in [-0.3, -0.25) is 0 Å². The molecule has 1 atom stereocenters. The Morgan fingerprint density at radius 3 is 0.736 bits per heavy atom. The molecule has 0 fully saturated rings. The summed E-state index contributed by atoms with van der Waals surface area (Å²) < 4.78 is 150. The molecule has 764 valence electrons. The molecule has 0 spiro atoms. The zero-order valence-corrected chi connectivity index (χ0v) is 97.0. The molecule has 8 aromatic carbocycles. The van der Waals surface area contributed by atoms with Crippen LogP contribution in [-0.2, 0) is 118 Å². The van der Waals surface area contributed by atoms with Crippen LogP contribution in [0.4, 0.5) is 52.7 Å². The van der Waals surface area contributed by atoms with Crippen LogP contribution in [0, 0.1) is 48.5 Å². The van der Waals surface area contributed by atoms with Crippen molar-refractivity contribution in [3.05, 3.63) is 410 Å². The molecule has 0 aliphatic carbocycles. The summed E-state index contributed by atoms with van der Waals surface area (Å²) in [5, 5.41) is 5.58. The third-order valence-electron chi connectivity index (χ3n) is 22.0. The summed E-state index contributed by atoms with van der Waals surface area (Å²) in [7, 11) is -5.66. The maximum Gasteiger partial charge on any atom is 0.381 e. The fourth-order valence-electron chi connectivity index (χ4n) is 14.3. The van der Waals surface area contributed by atoms with Gasteiger partial charge in [-0.25, -0.2) is 0 Å². The van der Waals surface area contributed by atoms with Crippen molar-refractivity contribution in [2.45, 2.75) is 182 Å². The molecule has 16 rings (SSSR count). The van der Waals surface area contributed by atoms with Crippen molar-refractivity contribution in [1.29, 1.82) is 0 Å². The third-order valence-corrected chi connectivity index (χ3v) is 30.2. The minimum absolute atomic E-state index is 0. The van der Waals surface area contributed by atoms with Crippen LogP contribution in [0.5, 0.6) is 0 Å². The van der Waals surface area contributed by atoms with Crippen molar-refractivity contribution >= 4 is 53.0 Å². The average Bonchev–Trinajstić information content (AvgIpc) is 0.802. The van der Waals surface area contributed by atoms with Crippen LogP contribution in [0.15, 0.2) is 316 Å². The summed E-state index contributed by atoms with van der Waals surface area (Å²) in [4.78, 5) is 34.8. The summed E-state index contributed by atoms with van der Waals surface area (Å²) in [6.07, 6.45) is 1.48. The summed E-state index contributed by atoms with van der Waals surface area (Å²) in [5.41, 5.74) is 15.7. The Morgan fingerprint density at radius 1 is 0.264 bits per heavy atom. The van der Waals surface area contributed by atoms with Gasteiger partial charge in [0.1, 0.15) is 0 Å². The molecular formula is C116H116F12Ir4N8Si4-8. The van der Waals surface area contributed by atoms with E-state index in [0.29, 0.717) is 56.9 Å². The van der Waals surface area contributed by atoms with Crippen molar-refractivity contribution in [3.63, 3.8) is 0 Å². The smallest absolute Gasteiger partial charge is 0.305 e. The minimum atomic E-state index is -4.34. The normalized spacial score (nSPS) is 11.5. The molecule has 8 aromatic heterocycles. The number of alkyl halides is 12. The topological polar surface area (TPSA) is 103 Å². The van der Waals surface area contributed by atoms with E-state index in [1.54, 1.807) is 61.2 Å². The molecule has 16 aromatic rings. The number of aryl methyl sites for hydroxylation is 2. The third kappa shape index (κ3) is 38.8. The van der Waals surface area contributed by atoms with Gasteiger partial charge in [-0.15, -0.1) is 263 Å². The van der Waals surface area contributed by atoms with Crippen LogP contribution < -0.4 is 20.7 Å². The van der Waals surface area contributed by atoms with Crippen molar-refractivity contribution in [1.82, 2.24) is 39.9 Å². The Labute approximate surface area is 900 Å². The summed E-state index contributed by atoms with van der Waals surface area (Å²) in [6.45, 7) is 41.1. The van der Waals surface area contributed by atoms with Crippen molar-refractivity contribution in [2.75, 3.05) is 0 Å². The standard InChI is InChI=1S/C19H23F3NSi.C18H21F3NSi.C17H22NSi.C16H20NSi.2C12H7F3N.2C11H8N.4Ir/c1-6-13(2)16-11-17(23-12-18(16)24(3,4)5)14-7-9-15(10-8-14)19(20,21)22;1-5-6-14-11-16(22-12-17(14)23(2,3)4)13-7-9-15(10-8-13)18(19,20)21;1-13(2)15-11-16(14-9-7-6-8-10-14)18-12-17(15)19(3,4)5;1-5-13-11-15(14-9-7-6-8-10-14)17-12-16(13)18(2,3)4;2*13-12(14,15)10-6-4-9(5-7-10)11-3-1-2-8-16-11;2*1-2-6-10(7-3-1)11-8-4-5-9-12-11;;;;/h7,9-13H,6H2,1-5H3;7,9-12H,5-6H2,1-4H3;6-9,11-13H,1-5H3;6-9,11-12H,5H2,1-4H3;2*1-4,6-8H;2*1-6,8-9H;;;;/q8*-1;;;;. The summed E-state index contributed by atoms with van der Waals surface area (Å²) >= 11 is 0. The molecule has 0 bridgehead atoms. The first-order valence-corrected chi connectivity index (χ1v) is 60.0. The Bertz CT molecular complexity index is 6190. The number of aromatic nitrogens is 8. The molecule has 8 nitrogen and oxygen atoms in total. The predicted octanol–water partition coefficient (Wildman–Crippen LogP) is 30.8. The van der Waals surface area contributed by atoms with Crippen LogP contribution in [0.2, 0.25) is 78.6 Å². The zero-order valence-electron chi connectivity index (χ0n) is 83.5. The molecule has 0 saturated heterocycles. The van der Waals surface area contributed by atoms with E-state index in [1.165, 1.54) is 67.3 Å². The molecule has 8 heterocycles. The maximum absolute atomic E-state index is 12.7. The van der Waals surface area contributed by atoms with Gasteiger partial charge in [0.15, 0.2) is 0 Å². The second-order valence-electron chi connectivity index (χ2n) is 37.3. The van der Waals surface area contributed by atoms with Gasteiger partial charge in [0, 0.05) is 130 Å². The maximum atomic E-state index is 12.7. The van der Waals surface area contributed by atoms with Crippen LogP contribution in [-0.4, -0.2) is 72.2 Å². The Hall–Kier alpha value is -10.4. The van der Waals surface area contributed by atoms with Gasteiger partial charge in [-0.05, 0) is 144 Å². The van der Waals surface area contributed by atoms with Gasteiger partial charge in [-0.1, -0.05) is 222 Å². The molecular weight excluding hydrogens is 2610 g/mol. The number of nitrogens with zero attached hydrogens (tertiary/aromatic N) is 8. The van der Waals surface area contributed by atoms with E-state index >= 15 is 0 Å². The van der Waals surface area contributed by atoms with Gasteiger partial charge in [0.2, 0.25) is 0 Å². The number of benzene rings is 8. The Morgan fingerprint density at radius 2 is 0.507 bits per heavy atom. The van der Waals surface area contributed by atoms with Crippen LogP contribution >= 0.6 is 0 Å². The molecule has 0 aliphatic rings. The monoisotopic (exact) mass is 2730 g/mol. The molecule has 1 unspecified atom stereocenters. The Balaban J connectivity index is 0.000000291. The van der Waals surface area contributed by atoms with Gasteiger partial charge >= 0.3 is 24.7 Å². The number of pyridine rings is 8. The second kappa shape index (κ2) is 57.6. The number of halogens is 12. The summed E-state index contributed by atoms with van der Waals surface area (Å²) in [5.74, 6) is 0.926. The van der Waals surface area contributed by atoms with E-state index in [0.717, 1.165) is 119 Å². The minimum Gasteiger partial charge on any atom is -0.305 e. The second-order valence-corrected chi connectivity index (χ2v) is 57.4. The van der Waals surface area contributed by atoms with Crippen molar-refractivity contribution in [2.24, 2.45) is 0 Å². The van der Waals surface area contributed by atoms with Gasteiger partial charge in [0.05, 0.1) is 32.3 Å². The zero-order chi connectivity index (χ0) is 102. The summed E-state index contributed by atoms with van der Waals surface area (Å²) in [6, 6.07) is 99.5. The number of rotatable bonds is 18. The first-order valence-electron chi connectivity index (χ1n) is 46.0. The van der Waals surface area contributed by atoms with Crippen LogP contribution in [0.1, 0.15) is 111 Å². The molecule has 144 heavy (non-hydrogen) atoms. The van der Waals surface area contributed by atoms with Gasteiger partial charge < -0.3 is 39.9 Å². The van der Waals surface area contributed by atoms with E-state index < -0.39 is 79.3 Å². The fourth-order valence-corrected chi connectivity index (χ4v) is 20.9. The van der Waals surface area contributed by atoms with E-state index in [-0.39, 0.29) is 80.4 Å². The first-order chi connectivity index (χ1) is 66.2. The molecule has 0 saturated carbocycles. The van der Waals surface area contributed by atoms with Crippen molar-refractivity contribution < 1.29 is 133 Å². The van der Waals surface area contributed by atoms with Crippen LogP contribution in [0.3, 0.4) is 0 Å². The quantitative estimate of drug-likeness (QED) is 0.0475. The van der Waals surface area contributed by atoms with E-state index in [2.05, 4.69) is 245 Å². The van der Waals surface area contributed by atoms with Crippen LogP contribution in [0.25, 0.3) is 90.1 Å². The van der Waals surface area contributed by atoms with E-state index in [4.69, 9.17) is 0 Å². The fraction of sp³-hybridized carbons (Fsp3) is 0.241. The first kappa shape index (κ1) is 124. The average molecular weight is 2730 g/mol. The molecule has 4 radical (unpaired) electrons. The van der Waals surface area contributed by atoms with Gasteiger partial charge in [-0.2, -0.15) is 52.7 Å². The van der Waals surface area contributed by atoms with Crippen molar-refractivity contribution in [3.8, 4) is 90.1 Å². The Kier molecular flexibility index (Phi) is 49.6. The largest absolute Gasteiger partial charge is 0.381 e. The number of hydrogen-bond donors (Lipinski definition) is 0. The molecule has 0 amide bonds. The molecule has 28 heteroatoms. The SMILES string of the molecule is CC(C)c1cc(-c2[c-]cccc2)ncc1[Si](C)(C)C.CCC(C)c1cc(-c2[c-]cc(C(F)(F)F)cc2)ncc1[Si](C)(C)C.CCCc1cc(-c2[c-]cc(C(F)(F)F)cc2)ncc1[Si](C)(C)C.CCc1cc(-c2[c-]cccc2)ncc1[Si](C)(C)C.FC(F)(F)c1c[c-]c(-c2ccccn2)cc1.FC(F)(F)c1c[c-]c(-c2ccccn2)cc1.[Ir].[Ir].[Ir].[Ir].[c-]1ccccc1-c1ccccn1.[c-]1ccccc1-c1ccccn1. The predicted molar refractivity (Wildman–Crippen MR) is 556 cm³/mol. The number of hydrogen-bond acceptors (Lipinski definition) is 8. The van der Waals surface area contributed by atoms with E-state index in [1.807, 2.05) is 146 Å². The van der Waals surface area contributed by atoms with E-state index in [9.17, 15) is 52.7 Å². The van der Waals surface area contributed by atoms with Gasteiger partial charge in [0.25, 0.3) is 0 Å². The molecule has 0 N–H and O–H groups in total. The molecule has 0 aliphatic heterocycles.